The summed E-state index contributed by atoms with van der Waals surface area (Å²) in [5.74, 6) is -3.32. The lowest BCUT2D eigenvalue weighted by Gasteiger charge is -2.21. The van der Waals surface area contributed by atoms with E-state index in [4.69, 9.17) is 27.3 Å². The first-order chi connectivity index (χ1) is 59.5. The van der Waals surface area contributed by atoms with E-state index in [1.54, 1.807) is 6.07 Å². The first kappa shape index (κ1) is 66.7. The van der Waals surface area contributed by atoms with Crippen LogP contribution in [0.4, 0.5) is 0 Å². The summed E-state index contributed by atoms with van der Waals surface area (Å²) < 4.78 is 93.0. The Morgan fingerprint density at radius 1 is 0.308 bits per heavy atom. The van der Waals surface area contributed by atoms with Crippen molar-refractivity contribution in [2.45, 2.75) is 137 Å². The molecule has 0 spiro atoms. The second kappa shape index (κ2) is 30.6. The van der Waals surface area contributed by atoms with Crippen LogP contribution in [0, 0.1) is 27.7 Å². The minimum atomic E-state index is -2.44. The van der Waals surface area contributed by atoms with Gasteiger partial charge in [0, 0.05) is 101 Å². The lowest BCUT2D eigenvalue weighted by molar-refractivity contribution is -0.660. The quantitative estimate of drug-likeness (QED) is 0.142. The van der Waals surface area contributed by atoms with Gasteiger partial charge in [-0.25, -0.2) is 18.3 Å². The van der Waals surface area contributed by atoms with Crippen LogP contribution in [0.1, 0.15) is 163 Å². The number of hydrogen-bond donors (Lipinski definition) is 0. The number of benzene rings is 12. The van der Waals surface area contributed by atoms with Crippen LogP contribution in [0.2, 0.25) is 0 Å². The number of furan rings is 4. The average Bonchev–Trinajstić information content (AvgIpc) is 1.59. The van der Waals surface area contributed by atoms with Crippen molar-refractivity contribution in [1.29, 1.82) is 0 Å². The molecule has 2 aliphatic carbocycles. The molecular weight excluding hydrogens is 1430 g/mol. The fourth-order valence-electron chi connectivity index (χ4n) is 18.7. The summed E-state index contributed by atoms with van der Waals surface area (Å²) in [7, 11) is 8.14. The largest absolute Gasteiger partial charge is 0.455 e. The zero-order valence-corrected chi connectivity index (χ0v) is 68.7. The number of nitrogens with zero attached hydrogens (tertiary/aromatic N) is 4. The highest BCUT2D eigenvalue weighted by Gasteiger charge is 2.30. The van der Waals surface area contributed by atoms with Crippen LogP contribution >= 0.6 is 0 Å². The van der Waals surface area contributed by atoms with Crippen molar-refractivity contribution in [2.75, 3.05) is 0 Å². The summed E-state index contributed by atoms with van der Waals surface area (Å²) in [5.41, 5.74) is 23.7. The van der Waals surface area contributed by atoms with Gasteiger partial charge >= 0.3 is 0 Å². The number of pyridine rings is 4. The van der Waals surface area contributed by atoms with E-state index in [9.17, 15) is 0 Å². The van der Waals surface area contributed by atoms with Crippen LogP contribution in [0.3, 0.4) is 0 Å². The molecule has 22 rings (SSSR count). The molecule has 8 heterocycles. The molecule has 2 aliphatic rings. The molecule has 2 fully saturated rings. The molecule has 1 atom stereocenters. The number of aryl methyl sites for hydroxylation is 8. The van der Waals surface area contributed by atoms with Crippen molar-refractivity contribution in [3.8, 4) is 45.0 Å². The van der Waals surface area contributed by atoms with E-state index in [-0.39, 0.29) is 0 Å². The SMILES string of the molecule is [2H]C(C)(C)c1cc[n+](C)c(-c2c(C)ccc3c2oc2ccc4ccccc4c23)c1.[2H]C([2H])([2H])C([2H])(C)c1cc[n+](C)c(-c2c(C)ccc3c2oc2ccc4ccccc4c23)c1.[2H]C1(c2cc[n+](C)c(-c3c(C)ccc4c3oc3ccc5ccccc5c34)c2)CCCC1.[2H]C1(c2cc[n+](C)c(-c3c(C)ccc4c3oc3ccc5ccccc5c34)c2)CCCCC1. The van der Waals surface area contributed by atoms with Gasteiger partial charge in [-0.1, -0.05) is 230 Å². The number of rotatable bonds is 8. The summed E-state index contributed by atoms with van der Waals surface area (Å²) in [6.07, 6.45) is 17.7. The lowest BCUT2D eigenvalue weighted by atomic mass is 9.84. The van der Waals surface area contributed by atoms with Gasteiger partial charge in [0.1, 0.15) is 72.9 Å². The fourth-order valence-corrected chi connectivity index (χ4v) is 18.7. The molecule has 578 valence electrons. The van der Waals surface area contributed by atoms with Crippen LogP contribution in [-0.2, 0) is 28.2 Å². The Balaban J connectivity index is 0.000000108. The smallest absolute Gasteiger partial charge is 0.216 e. The summed E-state index contributed by atoms with van der Waals surface area (Å²) in [6.45, 7) is 11.3. The van der Waals surface area contributed by atoms with Gasteiger partial charge in [-0.2, -0.15) is 0 Å². The highest BCUT2D eigenvalue weighted by Crippen LogP contribution is 2.47. The van der Waals surface area contributed by atoms with Crippen LogP contribution in [0.25, 0.3) is 176 Å². The fraction of sp³-hybridized carbons (Fsp3) is 0.229. The maximum absolute atomic E-state index is 9.15. The van der Waals surface area contributed by atoms with E-state index in [0.717, 1.165) is 207 Å². The van der Waals surface area contributed by atoms with Gasteiger partial charge < -0.3 is 17.7 Å². The van der Waals surface area contributed by atoms with E-state index >= 15 is 0 Å². The normalized spacial score (nSPS) is 15.7. The highest BCUT2D eigenvalue weighted by molar-refractivity contribution is 6.24. The monoisotopic (exact) mass is 1540 g/mol. The Bertz CT molecular complexity index is 7700. The summed E-state index contributed by atoms with van der Waals surface area (Å²) in [4.78, 5) is 0. The molecule has 0 saturated heterocycles. The zero-order valence-electron chi connectivity index (χ0n) is 75.7. The third kappa shape index (κ3) is 13.4. The molecule has 2 saturated carbocycles. The van der Waals surface area contributed by atoms with Crippen molar-refractivity contribution in [1.82, 2.24) is 0 Å². The van der Waals surface area contributed by atoms with Gasteiger partial charge in [0.05, 0.1) is 22.3 Å². The van der Waals surface area contributed by atoms with Crippen molar-refractivity contribution in [2.24, 2.45) is 28.2 Å². The first-order valence-corrected chi connectivity index (χ1v) is 41.4. The van der Waals surface area contributed by atoms with Gasteiger partial charge in [0.15, 0.2) is 24.8 Å². The minimum Gasteiger partial charge on any atom is -0.455 e. The topological polar surface area (TPSA) is 68.1 Å². The second-order valence-corrected chi connectivity index (χ2v) is 32.8. The van der Waals surface area contributed by atoms with Gasteiger partial charge in [-0.05, 0) is 189 Å². The predicted molar refractivity (Wildman–Crippen MR) is 486 cm³/mol. The maximum atomic E-state index is 9.15. The molecule has 0 amide bonds. The molecule has 0 aliphatic heterocycles. The van der Waals surface area contributed by atoms with Crippen LogP contribution in [-0.4, -0.2) is 0 Å². The lowest BCUT2D eigenvalue weighted by Crippen LogP contribution is -2.31. The second-order valence-electron chi connectivity index (χ2n) is 32.8. The third-order valence-electron chi connectivity index (χ3n) is 25.1. The van der Waals surface area contributed by atoms with E-state index in [2.05, 4.69) is 267 Å². The molecule has 8 heteroatoms. The van der Waals surface area contributed by atoms with Crippen LogP contribution in [0.15, 0.2) is 285 Å². The van der Waals surface area contributed by atoms with Gasteiger partial charge in [-0.3, -0.25) is 0 Å². The molecule has 8 nitrogen and oxygen atoms in total. The summed E-state index contributed by atoms with van der Waals surface area (Å²) >= 11 is 0. The van der Waals surface area contributed by atoms with Gasteiger partial charge in [0.25, 0.3) is 0 Å². The Morgan fingerprint density at radius 3 is 0.880 bits per heavy atom. The molecule has 1 unspecified atom stereocenters. The molecule has 12 aromatic carbocycles. The minimum absolute atomic E-state index is 0.448. The first-order valence-electron chi connectivity index (χ1n) is 44.9. The third-order valence-corrected chi connectivity index (χ3v) is 25.1. The van der Waals surface area contributed by atoms with E-state index in [1.807, 2.05) is 82.2 Å². The standard InChI is InChI=1S/C29H28NO.C28H26NO.2C26H24NO/c1-19-12-14-24-28-23-11-7-6-10-21(23)13-15-26(28)31-29(24)27(19)25-18-22(16-17-30(25)2)20-8-4-3-5-9-20;1-18-11-13-23-27-22-10-6-5-9-20(22)12-14-25(27)30-28(23)26(18)24-17-21(15-16-29(24)2)19-7-3-4-8-19;2*1-16(2)19-13-14-27(4)22(15-19)24-17(3)9-11-21-25-20-8-6-5-7-18(20)10-12-23(25)28-26(21)24/h6-7,10-18,20H,3-5,8-9H2,1-2H3;5-6,9-17,19H,3-4,7-8H2,1-2H3;2*5-16H,1-4H3/q4*+1/i20D;19D;1D3,16D;16D. The van der Waals surface area contributed by atoms with E-state index in [0.29, 0.717) is 5.56 Å². The van der Waals surface area contributed by atoms with Gasteiger partial charge in [0.2, 0.25) is 22.8 Å². The average molecular weight is 1540 g/mol. The van der Waals surface area contributed by atoms with Gasteiger partial charge in [-0.15, -0.1) is 0 Å². The van der Waals surface area contributed by atoms with Crippen molar-refractivity contribution in [3.63, 3.8) is 0 Å². The van der Waals surface area contributed by atoms with Crippen LogP contribution in [0.5, 0.6) is 0 Å². The molecule has 20 aromatic rings. The Kier molecular flexibility index (Phi) is 17.4. The molecule has 0 bridgehead atoms. The summed E-state index contributed by atoms with van der Waals surface area (Å²) in [5, 5.41) is 18.7. The molecule has 117 heavy (non-hydrogen) atoms. The molecular formula is C109H102N4O4+4. The molecule has 0 N–H and O–H groups in total. The zero-order chi connectivity index (χ0) is 86.2. The van der Waals surface area contributed by atoms with Crippen LogP contribution < -0.4 is 18.3 Å². The number of hydrogen-bond acceptors (Lipinski definition) is 4. The van der Waals surface area contributed by atoms with Crippen molar-refractivity contribution >= 4 is 131 Å². The van der Waals surface area contributed by atoms with E-state index in [1.165, 1.54) is 72.9 Å². The Morgan fingerprint density at radius 2 is 0.581 bits per heavy atom. The van der Waals surface area contributed by atoms with Crippen molar-refractivity contribution < 1.29 is 45.5 Å². The molecule has 0 radical (unpaired) electrons. The van der Waals surface area contributed by atoms with Crippen molar-refractivity contribution in [3.05, 3.63) is 312 Å². The Labute approximate surface area is 694 Å². The summed E-state index contributed by atoms with van der Waals surface area (Å²) in [6, 6.07) is 84.2. The predicted octanol–water partition coefficient (Wildman–Crippen LogP) is 28.1. The number of fused-ring (bicyclic) bond motifs is 20. The highest BCUT2D eigenvalue weighted by atomic mass is 16.3. The molecule has 8 aromatic heterocycles. The van der Waals surface area contributed by atoms with E-state index < -0.39 is 30.4 Å². The number of aromatic nitrogens is 4. The maximum Gasteiger partial charge on any atom is 0.216 e. The Hall–Kier alpha value is -12.5.